The average molecular weight is 449 g/mol. The van der Waals surface area contributed by atoms with Crippen molar-refractivity contribution in [3.05, 3.63) is 129 Å². The molecule has 0 bridgehead atoms. The summed E-state index contributed by atoms with van der Waals surface area (Å²) in [6.07, 6.45) is 2.13. The standard InChI is InChI=1S/C32H30.H2S/c1-5-31(3,4)24-17-16-23-19-22-15-14-21(2)18-29(22)32(30(23)20-24)27-12-8-6-10-25(27)26-11-7-9-13-28(26)32;/h6-18,20H,5,19H2,1-4H3;1H2. The van der Waals surface area contributed by atoms with E-state index in [2.05, 4.69) is 113 Å². The monoisotopic (exact) mass is 448 g/mol. The fraction of sp³-hybridized carbons (Fsp3) is 0.250. The fourth-order valence-electron chi connectivity index (χ4n) is 6.06. The van der Waals surface area contributed by atoms with Gasteiger partial charge in [0.1, 0.15) is 0 Å². The molecule has 0 N–H and O–H groups in total. The highest BCUT2D eigenvalue weighted by atomic mass is 32.1. The summed E-state index contributed by atoms with van der Waals surface area (Å²) in [7, 11) is 0. The van der Waals surface area contributed by atoms with E-state index in [1.807, 2.05) is 0 Å². The van der Waals surface area contributed by atoms with Crippen molar-refractivity contribution in [2.24, 2.45) is 0 Å². The summed E-state index contributed by atoms with van der Waals surface area (Å²) in [5.41, 5.74) is 14.2. The van der Waals surface area contributed by atoms with E-state index in [1.165, 1.54) is 55.6 Å². The van der Waals surface area contributed by atoms with Crippen molar-refractivity contribution in [2.45, 2.75) is 51.4 Å². The number of hydrogen-bond donors (Lipinski definition) is 0. The molecule has 0 aromatic heterocycles. The molecular formula is C32H32S. The van der Waals surface area contributed by atoms with Crippen molar-refractivity contribution in [2.75, 3.05) is 0 Å². The number of aryl methyl sites for hydroxylation is 1. The molecule has 0 heterocycles. The molecule has 0 unspecified atom stereocenters. The van der Waals surface area contributed by atoms with E-state index in [0.29, 0.717) is 0 Å². The Hall–Kier alpha value is -2.77. The van der Waals surface area contributed by atoms with E-state index in [4.69, 9.17) is 0 Å². The minimum Gasteiger partial charge on any atom is -0.197 e. The van der Waals surface area contributed by atoms with Gasteiger partial charge >= 0.3 is 0 Å². The van der Waals surface area contributed by atoms with Crippen molar-refractivity contribution in [1.29, 1.82) is 0 Å². The second-order valence-corrected chi connectivity index (χ2v) is 10.3. The zero-order chi connectivity index (χ0) is 22.1. The Bertz CT molecular complexity index is 1330. The number of rotatable bonds is 2. The van der Waals surface area contributed by atoms with Crippen LogP contribution in [0, 0.1) is 6.92 Å². The largest absolute Gasteiger partial charge is 0.197 e. The molecule has 0 radical (unpaired) electrons. The normalized spacial score (nSPS) is 14.7. The van der Waals surface area contributed by atoms with E-state index in [0.717, 1.165) is 12.8 Å². The summed E-state index contributed by atoms with van der Waals surface area (Å²) in [4.78, 5) is 0. The molecule has 0 nitrogen and oxygen atoms in total. The SMILES string of the molecule is CCC(C)(C)c1ccc2c(c1)C1(c3cc(C)ccc3C2)c2ccccc2-c2ccccc21.S. The summed E-state index contributed by atoms with van der Waals surface area (Å²) < 4.78 is 0. The van der Waals surface area contributed by atoms with E-state index in [1.54, 1.807) is 0 Å². The first-order chi connectivity index (χ1) is 15.5. The lowest BCUT2D eigenvalue weighted by Crippen LogP contribution is -2.35. The van der Waals surface area contributed by atoms with Crippen LogP contribution >= 0.6 is 13.5 Å². The van der Waals surface area contributed by atoms with Crippen LogP contribution in [0.15, 0.2) is 84.9 Å². The predicted octanol–water partition coefficient (Wildman–Crippen LogP) is 8.06. The fourth-order valence-corrected chi connectivity index (χ4v) is 6.06. The molecule has 33 heavy (non-hydrogen) atoms. The summed E-state index contributed by atoms with van der Waals surface area (Å²) >= 11 is 0. The van der Waals surface area contributed by atoms with Gasteiger partial charge in [-0.2, -0.15) is 13.5 Å². The van der Waals surface area contributed by atoms with Gasteiger partial charge in [0, 0.05) is 0 Å². The van der Waals surface area contributed by atoms with Crippen molar-refractivity contribution in [3.63, 3.8) is 0 Å². The van der Waals surface area contributed by atoms with Crippen LogP contribution in [-0.4, -0.2) is 0 Å². The van der Waals surface area contributed by atoms with E-state index >= 15 is 0 Å². The molecule has 0 saturated heterocycles. The van der Waals surface area contributed by atoms with E-state index in [9.17, 15) is 0 Å². The zero-order valence-electron chi connectivity index (χ0n) is 20.0. The Morgan fingerprint density at radius 1 is 0.697 bits per heavy atom. The zero-order valence-corrected chi connectivity index (χ0v) is 21.0. The smallest absolute Gasteiger partial charge is 0.0719 e. The van der Waals surface area contributed by atoms with Crippen molar-refractivity contribution in [1.82, 2.24) is 0 Å². The van der Waals surface area contributed by atoms with Gasteiger partial charge in [0.15, 0.2) is 0 Å². The molecule has 0 atom stereocenters. The van der Waals surface area contributed by atoms with Crippen molar-refractivity contribution >= 4 is 13.5 Å². The molecule has 2 aliphatic carbocycles. The molecule has 6 rings (SSSR count). The molecule has 0 aliphatic heterocycles. The summed E-state index contributed by atoms with van der Waals surface area (Å²) in [6.45, 7) is 9.28. The van der Waals surface area contributed by atoms with Crippen LogP contribution in [0.25, 0.3) is 11.1 Å². The molecular weight excluding hydrogens is 416 g/mol. The summed E-state index contributed by atoms with van der Waals surface area (Å²) in [5, 5.41) is 0. The Balaban J connectivity index is 0.00000228. The van der Waals surface area contributed by atoms with Crippen LogP contribution < -0.4 is 0 Å². The van der Waals surface area contributed by atoms with Crippen LogP contribution in [0.4, 0.5) is 0 Å². The Morgan fingerprint density at radius 3 is 1.85 bits per heavy atom. The number of fused-ring (bicyclic) bond motifs is 9. The molecule has 4 aromatic rings. The first-order valence-electron chi connectivity index (χ1n) is 11.9. The summed E-state index contributed by atoms with van der Waals surface area (Å²) in [6, 6.07) is 32.6. The maximum absolute atomic E-state index is 2.54. The van der Waals surface area contributed by atoms with Gasteiger partial charge in [-0.1, -0.05) is 111 Å². The lowest BCUT2D eigenvalue weighted by molar-refractivity contribution is 0.504. The minimum absolute atomic E-state index is 0. The highest BCUT2D eigenvalue weighted by molar-refractivity contribution is 7.59. The van der Waals surface area contributed by atoms with E-state index in [-0.39, 0.29) is 24.3 Å². The Morgan fingerprint density at radius 2 is 1.24 bits per heavy atom. The number of benzene rings is 4. The molecule has 0 saturated carbocycles. The highest BCUT2D eigenvalue weighted by Crippen LogP contribution is 2.59. The van der Waals surface area contributed by atoms with E-state index < -0.39 is 0 Å². The van der Waals surface area contributed by atoms with Crippen molar-refractivity contribution < 1.29 is 0 Å². The van der Waals surface area contributed by atoms with Crippen LogP contribution in [-0.2, 0) is 17.3 Å². The lowest BCUT2D eigenvalue weighted by atomic mass is 9.60. The van der Waals surface area contributed by atoms with Gasteiger partial charge in [-0.15, -0.1) is 0 Å². The van der Waals surface area contributed by atoms with Gasteiger partial charge in [-0.25, -0.2) is 0 Å². The first kappa shape index (κ1) is 22.0. The first-order valence-corrected chi connectivity index (χ1v) is 11.9. The van der Waals surface area contributed by atoms with Gasteiger partial charge in [0.2, 0.25) is 0 Å². The maximum Gasteiger partial charge on any atom is 0.0719 e. The van der Waals surface area contributed by atoms with Gasteiger partial charge in [0.05, 0.1) is 5.41 Å². The van der Waals surface area contributed by atoms with Gasteiger partial charge < -0.3 is 0 Å². The Labute approximate surface area is 205 Å². The lowest BCUT2D eigenvalue weighted by Gasteiger charge is -2.41. The quantitative estimate of drug-likeness (QED) is 0.251. The van der Waals surface area contributed by atoms with Crippen LogP contribution in [0.3, 0.4) is 0 Å². The van der Waals surface area contributed by atoms with Crippen LogP contribution in [0.2, 0.25) is 0 Å². The third-order valence-corrected chi connectivity index (χ3v) is 8.18. The Kier molecular flexibility index (Phi) is 5.10. The molecule has 4 aromatic carbocycles. The van der Waals surface area contributed by atoms with Gasteiger partial charge in [-0.05, 0) is 75.3 Å². The molecule has 0 fully saturated rings. The maximum atomic E-state index is 2.54. The molecule has 1 spiro atoms. The topological polar surface area (TPSA) is 0 Å². The summed E-state index contributed by atoms with van der Waals surface area (Å²) in [5.74, 6) is 0. The highest BCUT2D eigenvalue weighted by Gasteiger charge is 2.49. The second-order valence-electron chi connectivity index (χ2n) is 10.3. The molecule has 166 valence electrons. The predicted molar refractivity (Wildman–Crippen MR) is 145 cm³/mol. The third kappa shape index (κ3) is 2.91. The van der Waals surface area contributed by atoms with Crippen LogP contribution in [0.1, 0.15) is 71.7 Å². The van der Waals surface area contributed by atoms with Gasteiger partial charge in [0.25, 0.3) is 0 Å². The van der Waals surface area contributed by atoms with Crippen LogP contribution in [0.5, 0.6) is 0 Å². The third-order valence-electron chi connectivity index (χ3n) is 8.18. The minimum atomic E-state index is -0.248. The van der Waals surface area contributed by atoms with Crippen molar-refractivity contribution in [3.8, 4) is 11.1 Å². The molecule has 0 amide bonds. The molecule has 2 aliphatic rings. The average Bonchev–Trinajstić information content (AvgIpc) is 3.11. The molecule has 1 heteroatoms. The second kappa shape index (κ2) is 7.64. The van der Waals surface area contributed by atoms with Gasteiger partial charge in [-0.3, -0.25) is 0 Å². The number of hydrogen-bond acceptors (Lipinski definition) is 0.